The van der Waals surface area contributed by atoms with E-state index in [0.717, 1.165) is 18.2 Å². The van der Waals surface area contributed by atoms with Gasteiger partial charge in [-0.15, -0.1) is 0 Å². The summed E-state index contributed by atoms with van der Waals surface area (Å²) in [5.74, 6) is -1.99. The van der Waals surface area contributed by atoms with Gasteiger partial charge in [-0.1, -0.05) is 12.1 Å². The monoisotopic (exact) mass is 384 g/mol. The zero-order chi connectivity index (χ0) is 18.7. The van der Waals surface area contributed by atoms with Gasteiger partial charge in [0.1, 0.15) is 11.6 Å². The Morgan fingerprint density at radius 2 is 1.77 bits per heavy atom. The first-order valence-corrected chi connectivity index (χ1v) is 8.94. The molecule has 0 radical (unpaired) electrons. The number of benzene rings is 2. The Hall–Kier alpha value is -2.72. The SMILES string of the molecule is O=C(CNS(=O)(=O)c1c(F)cccc1F)NCc1ccc2c(c1)OCO2. The number of carbonyl (C=O) groups is 1. The minimum absolute atomic E-state index is 0.116. The van der Waals surface area contributed by atoms with E-state index in [0.29, 0.717) is 17.1 Å². The van der Waals surface area contributed by atoms with Gasteiger partial charge in [0.25, 0.3) is 0 Å². The van der Waals surface area contributed by atoms with Crippen molar-refractivity contribution in [3.63, 3.8) is 0 Å². The fourth-order valence-electron chi connectivity index (χ4n) is 2.29. The predicted octanol–water partition coefficient (Wildman–Crippen LogP) is 1.29. The lowest BCUT2D eigenvalue weighted by molar-refractivity contribution is -0.120. The van der Waals surface area contributed by atoms with Crippen LogP contribution in [0.15, 0.2) is 41.3 Å². The highest BCUT2D eigenvalue weighted by atomic mass is 32.2. The van der Waals surface area contributed by atoms with E-state index in [9.17, 15) is 22.0 Å². The van der Waals surface area contributed by atoms with Crippen molar-refractivity contribution in [2.24, 2.45) is 0 Å². The molecule has 1 heterocycles. The van der Waals surface area contributed by atoms with Crippen LogP contribution in [0.2, 0.25) is 0 Å². The van der Waals surface area contributed by atoms with Gasteiger partial charge in [0.05, 0.1) is 6.54 Å². The number of rotatable bonds is 6. The highest BCUT2D eigenvalue weighted by Gasteiger charge is 2.24. The zero-order valence-electron chi connectivity index (χ0n) is 13.3. The van der Waals surface area contributed by atoms with Crippen molar-refractivity contribution in [1.29, 1.82) is 0 Å². The average Bonchev–Trinajstić information content (AvgIpc) is 3.05. The van der Waals surface area contributed by atoms with E-state index in [1.807, 2.05) is 4.72 Å². The molecule has 138 valence electrons. The number of nitrogens with one attached hydrogen (secondary N) is 2. The van der Waals surface area contributed by atoms with Crippen LogP contribution < -0.4 is 19.5 Å². The molecule has 1 aliphatic heterocycles. The van der Waals surface area contributed by atoms with E-state index in [1.165, 1.54) is 0 Å². The van der Waals surface area contributed by atoms with Crippen LogP contribution in [-0.2, 0) is 21.4 Å². The number of fused-ring (bicyclic) bond motifs is 1. The third-order valence-electron chi connectivity index (χ3n) is 3.54. The van der Waals surface area contributed by atoms with Gasteiger partial charge < -0.3 is 14.8 Å². The summed E-state index contributed by atoms with van der Waals surface area (Å²) in [6.07, 6.45) is 0. The van der Waals surface area contributed by atoms with Crippen LogP contribution in [0.3, 0.4) is 0 Å². The van der Waals surface area contributed by atoms with Gasteiger partial charge in [-0.2, -0.15) is 0 Å². The molecule has 0 aliphatic carbocycles. The van der Waals surface area contributed by atoms with Crippen molar-refractivity contribution in [3.05, 3.63) is 53.6 Å². The van der Waals surface area contributed by atoms with E-state index in [4.69, 9.17) is 9.47 Å². The second kappa shape index (κ2) is 7.26. The van der Waals surface area contributed by atoms with E-state index in [2.05, 4.69) is 5.32 Å². The van der Waals surface area contributed by atoms with Crippen molar-refractivity contribution >= 4 is 15.9 Å². The molecule has 2 aromatic carbocycles. The van der Waals surface area contributed by atoms with Gasteiger partial charge in [-0.3, -0.25) is 4.79 Å². The predicted molar refractivity (Wildman–Crippen MR) is 86.0 cm³/mol. The third-order valence-corrected chi connectivity index (χ3v) is 4.99. The van der Waals surface area contributed by atoms with Crippen molar-refractivity contribution in [2.75, 3.05) is 13.3 Å². The summed E-state index contributed by atoms with van der Waals surface area (Å²) in [4.78, 5) is 10.7. The molecule has 2 N–H and O–H groups in total. The van der Waals surface area contributed by atoms with E-state index < -0.39 is 39.0 Å². The van der Waals surface area contributed by atoms with Crippen LogP contribution in [-0.4, -0.2) is 27.7 Å². The molecule has 0 saturated heterocycles. The molecule has 10 heteroatoms. The summed E-state index contributed by atoms with van der Waals surface area (Å²) >= 11 is 0. The molecule has 7 nitrogen and oxygen atoms in total. The molecule has 0 unspecified atom stereocenters. The van der Waals surface area contributed by atoms with Crippen LogP contribution in [0.1, 0.15) is 5.56 Å². The standard InChI is InChI=1S/C16H14F2N2O5S/c17-11-2-1-3-12(18)16(11)26(22,23)20-8-15(21)19-7-10-4-5-13-14(6-10)25-9-24-13/h1-6,20H,7-9H2,(H,19,21). The summed E-state index contributed by atoms with van der Waals surface area (Å²) in [6, 6.07) is 7.76. The van der Waals surface area contributed by atoms with Crippen LogP contribution in [0.5, 0.6) is 11.5 Å². The molecule has 26 heavy (non-hydrogen) atoms. The van der Waals surface area contributed by atoms with E-state index >= 15 is 0 Å². The molecule has 3 rings (SSSR count). The third kappa shape index (κ3) is 3.92. The molecule has 0 bridgehead atoms. The number of amides is 1. The van der Waals surface area contributed by atoms with E-state index in [-0.39, 0.29) is 13.3 Å². The average molecular weight is 384 g/mol. The summed E-state index contributed by atoms with van der Waals surface area (Å²) in [5.41, 5.74) is 0.714. The van der Waals surface area contributed by atoms with Gasteiger partial charge in [0.2, 0.25) is 22.7 Å². The Morgan fingerprint density at radius 1 is 1.08 bits per heavy atom. The molecular formula is C16H14F2N2O5S. The minimum Gasteiger partial charge on any atom is -0.454 e. The number of ether oxygens (including phenoxy) is 2. The lowest BCUT2D eigenvalue weighted by Gasteiger charge is -2.09. The van der Waals surface area contributed by atoms with Gasteiger partial charge in [0.15, 0.2) is 16.4 Å². The van der Waals surface area contributed by atoms with Crippen molar-refractivity contribution in [1.82, 2.24) is 10.0 Å². The molecule has 0 fully saturated rings. The first kappa shape index (κ1) is 18.1. The van der Waals surface area contributed by atoms with Crippen LogP contribution in [0, 0.1) is 11.6 Å². The Morgan fingerprint density at radius 3 is 2.50 bits per heavy atom. The fraction of sp³-hybridized carbons (Fsp3) is 0.188. The number of halogens is 2. The van der Waals surface area contributed by atoms with E-state index in [1.54, 1.807) is 18.2 Å². The van der Waals surface area contributed by atoms with Crippen LogP contribution in [0.4, 0.5) is 8.78 Å². The van der Waals surface area contributed by atoms with Gasteiger partial charge in [-0.25, -0.2) is 21.9 Å². The highest BCUT2D eigenvalue weighted by Crippen LogP contribution is 2.32. The first-order valence-electron chi connectivity index (χ1n) is 7.46. The Labute approximate surface area is 148 Å². The number of sulfonamides is 1. The maximum Gasteiger partial charge on any atom is 0.246 e. The summed E-state index contributed by atoms with van der Waals surface area (Å²) in [5, 5.41) is 2.49. The topological polar surface area (TPSA) is 93.7 Å². The molecule has 1 amide bonds. The lowest BCUT2D eigenvalue weighted by atomic mass is 10.2. The normalized spacial score (nSPS) is 12.8. The minimum atomic E-state index is -4.51. The Balaban J connectivity index is 1.57. The summed E-state index contributed by atoms with van der Waals surface area (Å²) in [6.45, 7) is -0.425. The largest absolute Gasteiger partial charge is 0.454 e. The van der Waals surface area contributed by atoms with Crippen LogP contribution >= 0.6 is 0 Å². The number of carbonyl (C=O) groups excluding carboxylic acids is 1. The smallest absolute Gasteiger partial charge is 0.246 e. The maximum atomic E-state index is 13.6. The van der Waals surface area contributed by atoms with Gasteiger partial charge in [0, 0.05) is 6.54 Å². The highest BCUT2D eigenvalue weighted by molar-refractivity contribution is 7.89. The summed E-state index contributed by atoms with van der Waals surface area (Å²) in [7, 11) is -4.51. The van der Waals surface area contributed by atoms with Crippen molar-refractivity contribution in [3.8, 4) is 11.5 Å². The molecule has 0 atom stereocenters. The van der Waals surface area contributed by atoms with Crippen LogP contribution in [0.25, 0.3) is 0 Å². The Kier molecular flexibility index (Phi) is 5.05. The van der Waals surface area contributed by atoms with Gasteiger partial charge >= 0.3 is 0 Å². The number of hydrogen-bond acceptors (Lipinski definition) is 5. The quantitative estimate of drug-likeness (QED) is 0.783. The molecule has 2 aromatic rings. The summed E-state index contributed by atoms with van der Waals surface area (Å²) < 4.78 is 63.3. The first-order chi connectivity index (χ1) is 12.4. The molecular weight excluding hydrogens is 370 g/mol. The van der Waals surface area contributed by atoms with Crippen molar-refractivity contribution in [2.45, 2.75) is 11.4 Å². The van der Waals surface area contributed by atoms with Gasteiger partial charge in [-0.05, 0) is 29.8 Å². The number of hydrogen-bond donors (Lipinski definition) is 2. The lowest BCUT2D eigenvalue weighted by Crippen LogP contribution is -2.37. The Bertz CT molecular complexity index is 929. The van der Waals surface area contributed by atoms with Crippen molar-refractivity contribution < 1.29 is 31.5 Å². The zero-order valence-corrected chi connectivity index (χ0v) is 14.1. The second-order valence-electron chi connectivity index (χ2n) is 5.34. The molecule has 0 saturated carbocycles. The fourth-order valence-corrected chi connectivity index (χ4v) is 3.40. The molecule has 0 aromatic heterocycles. The second-order valence-corrected chi connectivity index (χ2v) is 7.04. The maximum absolute atomic E-state index is 13.6. The molecule has 1 aliphatic rings. The molecule has 0 spiro atoms.